The zero-order valence-electron chi connectivity index (χ0n) is 18.3. The molecule has 0 bridgehead atoms. The van der Waals surface area contributed by atoms with Crippen LogP contribution in [0.5, 0.6) is 5.75 Å². The van der Waals surface area contributed by atoms with Gasteiger partial charge in [-0.25, -0.2) is 4.79 Å². The molecule has 0 N–H and O–H groups in total. The number of hydrogen-bond donors (Lipinski definition) is 0. The second-order valence-corrected chi connectivity index (χ2v) is 8.37. The van der Waals surface area contributed by atoms with Crippen molar-refractivity contribution in [2.24, 2.45) is 0 Å². The minimum absolute atomic E-state index is 0.0308. The average Bonchev–Trinajstić information content (AvgIpc) is 2.81. The number of carbonyl (C=O) groups excluding carboxylic acids is 1. The fraction of sp³-hybridized carbons (Fsp3) is 0.360. The molecule has 3 heterocycles. The summed E-state index contributed by atoms with van der Waals surface area (Å²) in [5.41, 5.74) is 4.06. The van der Waals surface area contributed by atoms with E-state index in [0.29, 0.717) is 50.7 Å². The molecule has 166 valence electrons. The van der Waals surface area contributed by atoms with Crippen LogP contribution < -0.4 is 15.3 Å². The van der Waals surface area contributed by atoms with Gasteiger partial charge in [0.1, 0.15) is 11.3 Å². The predicted octanol–water partition coefficient (Wildman–Crippen LogP) is 3.04. The SMILES string of the molecule is Cc1ccc2c(CN3C[C@@H](C(=O)N4CCOCC4)Oc4ccccc43)cc(=O)oc2c1C. The molecule has 0 aliphatic carbocycles. The highest BCUT2D eigenvalue weighted by Crippen LogP contribution is 2.35. The maximum absolute atomic E-state index is 13.2. The van der Waals surface area contributed by atoms with Gasteiger partial charge in [0, 0.05) is 31.1 Å². The Morgan fingerprint density at radius 3 is 2.69 bits per heavy atom. The fourth-order valence-electron chi connectivity index (χ4n) is 4.43. The number of amides is 1. The lowest BCUT2D eigenvalue weighted by molar-refractivity contribution is -0.142. The van der Waals surface area contributed by atoms with E-state index in [-0.39, 0.29) is 11.5 Å². The third kappa shape index (κ3) is 3.73. The van der Waals surface area contributed by atoms with Gasteiger partial charge in [-0.1, -0.05) is 24.3 Å². The molecule has 2 aliphatic rings. The van der Waals surface area contributed by atoms with Crippen LogP contribution >= 0.6 is 0 Å². The molecule has 1 saturated heterocycles. The van der Waals surface area contributed by atoms with Crippen molar-refractivity contribution in [2.45, 2.75) is 26.5 Å². The van der Waals surface area contributed by atoms with Crippen LogP contribution in [0, 0.1) is 13.8 Å². The van der Waals surface area contributed by atoms with Crippen molar-refractivity contribution < 1.29 is 18.7 Å². The number of fused-ring (bicyclic) bond motifs is 2. The average molecular weight is 434 g/mol. The van der Waals surface area contributed by atoms with Crippen LogP contribution in [-0.4, -0.2) is 49.8 Å². The van der Waals surface area contributed by atoms with Crippen LogP contribution in [0.4, 0.5) is 5.69 Å². The van der Waals surface area contributed by atoms with E-state index in [1.165, 1.54) is 0 Å². The molecule has 0 saturated carbocycles. The van der Waals surface area contributed by atoms with E-state index in [9.17, 15) is 9.59 Å². The first-order chi connectivity index (χ1) is 15.5. The van der Waals surface area contributed by atoms with Gasteiger partial charge in [0.05, 0.1) is 25.4 Å². The van der Waals surface area contributed by atoms with Gasteiger partial charge in [-0.05, 0) is 42.7 Å². The molecule has 5 rings (SSSR count). The van der Waals surface area contributed by atoms with Crippen LogP contribution in [0.3, 0.4) is 0 Å². The molecular weight excluding hydrogens is 408 g/mol. The maximum atomic E-state index is 13.2. The van der Waals surface area contributed by atoms with Gasteiger partial charge in [0.2, 0.25) is 0 Å². The summed E-state index contributed by atoms with van der Waals surface area (Å²) in [6, 6.07) is 13.3. The summed E-state index contributed by atoms with van der Waals surface area (Å²) >= 11 is 0. The van der Waals surface area contributed by atoms with Crippen molar-refractivity contribution >= 4 is 22.6 Å². The van der Waals surface area contributed by atoms with Gasteiger partial charge >= 0.3 is 5.63 Å². The van der Waals surface area contributed by atoms with E-state index in [0.717, 1.165) is 27.8 Å². The summed E-state index contributed by atoms with van der Waals surface area (Å²) in [5, 5.41) is 0.910. The number of para-hydroxylation sites is 2. The van der Waals surface area contributed by atoms with Crippen LogP contribution in [0.2, 0.25) is 0 Å². The van der Waals surface area contributed by atoms with Gasteiger partial charge < -0.3 is 23.7 Å². The Morgan fingerprint density at radius 1 is 1.09 bits per heavy atom. The van der Waals surface area contributed by atoms with Crippen molar-refractivity contribution in [3.8, 4) is 5.75 Å². The summed E-state index contributed by atoms with van der Waals surface area (Å²) in [6.07, 6.45) is -0.613. The zero-order chi connectivity index (χ0) is 22.2. The summed E-state index contributed by atoms with van der Waals surface area (Å²) in [7, 11) is 0. The minimum atomic E-state index is -0.613. The first-order valence-electron chi connectivity index (χ1n) is 10.9. The Balaban J connectivity index is 1.51. The monoisotopic (exact) mass is 434 g/mol. The highest BCUT2D eigenvalue weighted by Gasteiger charge is 2.34. The first kappa shape index (κ1) is 20.6. The summed E-state index contributed by atoms with van der Waals surface area (Å²) in [5.74, 6) is 0.640. The van der Waals surface area contributed by atoms with Gasteiger partial charge in [-0.3, -0.25) is 4.79 Å². The molecule has 0 radical (unpaired) electrons. The van der Waals surface area contributed by atoms with E-state index >= 15 is 0 Å². The van der Waals surface area contributed by atoms with Gasteiger partial charge in [-0.2, -0.15) is 0 Å². The van der Waals surface area contributed by atoms with Gasteiger partial charge in [-0.15, -0.1) is 0 Å². The number of anilines is 1. The van der Waals surface area contributed by atoms with Crippen molar-refractivity contribution in [3.05, 3.63) is 69.6 Å². The topological polar surface area (TPSA) is 72.2 Å². The van der Waals surface area contributed by atoms with Gasteiger partial charge in [0.25, 0.3) is 5.91 Å². The maximum Gasteiger partial charge on any atom is 0.336 e. The second-order valence-electron chi connectivity index (χ2n) is 8.37. The largest absolute Gasteiger partial charge is 0.477 e. The number of aryl methyl sites for hydroxylation is 2. The lowest BCUT2D eigenvalue weighted by Gasteiger charge is -2.38. The number of morpholine rings is 1. The quantitative estimate of drug-likeness (QED) is 0.590. The Kier molecular flexibility index (Phi) is 5.35. The van der Waals surface area contributed by atoms with Crippen LogP contribution in [0.1, 0.15) is 16.7 Å². The van der Waals surface area contributed by atoms with Gasteiger partial charge in [0.15, 0.2) is 6.10 Å². The smallest absolute Gasteiger partial charge is 0.336 e. The van der Waals surface area contributed by atoms with Crippen molar-refractivity contribution in [3.63, 3.8) is 0 Å². The van der Waals surface area contributed by atoms with E-state index in [1.54, 1.807) is 11.0 Å². The Hall–Kier alpha value is -3.32. The third-order valence-electron chi connectivity index (χ3n) is 6.34. The molecule has 1 aromatic heterocycles. The van der Waals surface area contributed by atoms with Crippen molar-refractivity contribution in [1.82, 2.24) is 4.90 Å². The van der Waals surface area contributed by atoms with Crippen molar-refractivity contribution in [1.29, 1.82) is 0 Å². The summed E-state index contributed by atoms with van der Waals surface area (Å²) in [4.78, 5) is 29.4. The molecule has 32 heavy (non-hydrogen) atoms. The molecule has 1 amide bonds. The second kappa shape index (κ2) is 8.31. The molecule has 7 heteroatoms. The standard InChI is InChI=1S/C25H26N2O5/c1-16-7-8-19-18(13-23(28)32-24(19)17(16)2)14-27-15-22(25(29)26-9-11-30-12-10-26)31-21-6-4-3-5-20(21)27/h3-8,13,22H,9-12,14-15H2,1-2H3/t22-/m0/s1. The molecule has 2 aromatic carbocycles. The Bertz CT molecular complexity index is 1230. The number of carbonyl (C=O) groups is 1. The normalized spacial score (nSPS) is 18.4. The van der Waals surface area contributed by atoms with Crippen LogP contribution in [-0.2, 0) is 16.1 Å². The van der Waals surface area contributed by atoms with Crippen LogP contribution in [0.15, 0.2) is 51.7 Å². The Labute approximate surface area is 186 Å². The molecule has 0 unspecified atom stereocenters. The highest BCUT2D eigenvalue weighted by molar-refractivity contribution is 5.85. The number of rotatable bonds is 3. The lowest BCUT2D eigenvalue weighted by Crippen LogP contribution is -2.52. The van der Waals surface area contributed by atoms with E-state index in [2.05, 4.69) is 4.90 Å². The first-order valence-corrected chi connectivity index (χ1v) is 10.9. The summed E-state index contributed by atoms with van der Waals surface area (Å²) < 4.78 is 17.0. The van der Waals surface area contributed by atoms with E-state index in [4.69, 9.17) is 13.9 Å². The molecule has 1 atom stereocenters. The van der Waals surface area contributed by atoms with Crippen LogP contribution in [0.25, 0.3) is 11.0 Å². The summed E-state index contributed by atoms with van der Waals surface area (Å²) in [6.45, 7) is 7.07. The molecule has 3 aromatic rings. The van der Waals surface area contributed by atoms with E-state index in [1.807, 2.05) is 50.2 Å². The number of nitrogens with zero attached hydrogens (tertiary/aromatic N) is 2. The minimum Gasteiger partial charge on any atom is -0.477 e. The van der Waals surface area contributed by atoms with Crippen molar-refractivity contribution in [2.75, 3.05) is 37.7 Å². The molecule has 2 aliphatic heterocycles. The Morgan fingerprint density at radius 2 is 1.88 bits per heavy atom. The highest BCUT2D eigenvalue weighted by atomic mass is 16.5. The molecule has 1 fully saturated rings. The predicted molar refractivity (Wildman–Crippen MR) is 121 cm³/mol. The number of hydrogen-bond acceptors (Lipinski definition) is 6. The zero-order valence-corrected chi connectivity index (χ0v) is 18.3. The van der Waals surface area contributed by atoms with E-state index < -0.39 is 6.10 Å². The number of benzene rings is 2. The number of ether oxygens (including phenoxy) is 2. The molecule has 0 spiro atoms. The molecule has 7 nitrogen and oxygen atoms in total. The molecular formula is C25H26N2O5. The lowest BCUT2D eigenvalue weighted by atomic mass is 10.0. The third-order valence-corrected chi connectivity index (χ3v) is 6.34. The fourth-order valence-corrected chi connectivity index (χ4v) is 4.43.